The minimum Gasteiger partial charge on any atom is -0.439 e. The van der Waals surface area contributed by atoms with E-state index in [0.29, 0.717) is 32.3 Å². The molecule has 0 atom stereocenters. The van der Waals surface area contributed by atoms with Gasteiger partial charge in [-0.15, -0.1) is 6.58 Å². The van der Waals surface area contributed by atoms with Crippen molar-refractivity contribution in [3.63, 3.8) is 0 Å². The van der Waals surface area contributed by atoms with Gasteiger partial charge in [0.15, 0.2) is 15.2 Å². The Morgan fingerprint density at radius 1 is 1.38 bits per heavy atom. The molecule has 0 radical (unpaired) electrons. The molecular formula is C16H12N4O2S2. The molecule has 0 spiro atoms. The first kappa shape index (κ1) is 15.0. The molecule has 120 valence electrons. The van der Waals surface area contributed by atoms with Crippen LogP contribution in [0.25, 0.3) is 21.4 Å². The summed E-state index contributed by atoms with van der Waals surface area (Å²) in [4.78, 5) is 21.5. The summed E-state index contributed by atoms with van der Waals surface area (Å²) < 4.78 is 10.1. The highest BCUT2D eigenvalue weighted by molar-refractivity contribution is 7.73. The van der Waals surface area contributed by atoms with Gasteiger partial charge in [0.25, 0.3) is 5.56 Å². The molecule has 0 unspecified atom stereocenters. The van der Waals surface area contributed by atoms with Crippen molar-refractivity contribution < 1.29 is 4.42 Å². The Morgan fingerprint density at radius 2 is 2.21 bits per heavy atom. The van der Waals surface area contributed by atoms with E-state index in [0.717, 1.165) is 5.52 Å². The zero-order chi connectivity index (χ0) is 16.7. The Morgan fingerprint density at radius 3 is 3.00 bits per heavy atom. The fraction of sp³-hybridized carbons (Fsp3) is 0.125. The smallest absolute Gasteiger partial charge is 0.273 e. The predicted octanol–water partition coefficient (Wildman–Crippen LogP) is 3.36. The molecule has 0 aliphatic heterocycles. The molecule has 1 aromatic carbocycles. The molecular weight excluding hydrogens is 344 g/mol. The van der Waals surface area contributed by atoms with E-state index in [-0.39, 0.29) is 12.1 Å². The lowest BCUT2D eigenvalue weighted by atomic mass is 10.3. The Hall–Kier alpha value is -2.58. The summed E-state index contributed by atoms with van der Waals surface area (Å²) >= 11 is 6.57. The summed E-state index contributed by atoms with van der Waals surface area (Å²) in [6.07, 6.45) is 3.23. The van der Waals surface area contributed by atoms with Crippen molar-refractivity contribution in [3.05, 3.63) is 63.4 Å². The van der Waals surface area contributed by atoms with E-state index in [1.165, 1.54) is 22.2 Å². The zero-order valence-corrected chi connectivity index (χ0v) is 14.1. The summed E-state index contributed by atoms with van der Waals surface area (Å²) in [5, 5.41) is 0. The molecule has 0 N–H and O–H groups in total. The summed E-state index contributed by atoms with van der Waals surface area (Å²) in [5.74, 6) is 0.466. The lowest BCUT2D eigenvalue weighted by Crippen LogP contribution is -2.21. The van der Waals surface area contributed by atoms with Crippen molar-refractivity contribution in [1.29, 1.82) is 0 Å². The van der Waals surface area contributed by atoms with E-state index >= 15 is 0 Å². The number of hydrogen-bond acceptors (Lipinski definition) is 6. The quantitative estimate of drug-likeness (QED) is 0.414. The highest BCUT2D eigenvalue weighted by Gasteiger charge is 2.13. The zero-order valence-electron chi connectivity index (χ0n) is 12.5. The number of thiazole rings is 1. The second kappa shape index (κ2) is 5.81. The van der Waals surface area contributed by atoms with Crippen LogP contribution in [0.5, 0.6) is 0 Å². The Labute approximate surface area is 145 Å². The fourth-order valence-corrected chi connectivity index (χ4v) is 3.82. The minimum absolute atomic E-state index is 0.152. The van der Waals surface area contributed by atoms with Crippen LogP contribution in [0.2, 0.25) is 0 Å². The van der Waals surface area contributed by atoms with Crippen molar-refractivity contribution in [1.82, 2.24) is 19.1 Å². The maximum atomic E-state index is 12.7. The third-order valence-corrected chi connectivity index (χ3v) is 5.03. The monoisotopic (exact) mass is 356 g/mol. The molecule has 3 heterocycles. The van der Waals surface area contributed by atoms with Crippen LogP contribution in [0.1, 0.15) is 5.89 Å². The molecule has 0 saturated heterocycles. The Kier molecular flexibility index (Phi) is 3.62. The van der Waals surface area contributed by atoms with Gasteiger partial charge in [0.2, 0.25) is 5.89 Å². The molecule has 0 amide bonds. The summed E-state index contributed by atoms with van der Waals surface area (Å²) in [6, 6.07) is 7.49. The van der Waals surface area contributed by atoms with Crippen molar-refractivity contribution in [2.75, 3.05) is 0 Å². The lowest BCUT2D eigenvalue weighted by Gasteiger charge is -2.03. The SMILES string of the molecule is C=CCn1c(=S)sc2c(=O)n(Cc3nc4ccccc4o3)cnc21. The minimum atomic E-state index is -0.152. The van der Waals surface area contributed by atoms with Crippen molar-refractivity contribution in [2.24, 2.45) is 0 Å². The van der Waals surface area contributed by atoms with Crippen LogP contribution in [0.15, 0.2) is 52.5 Å². The normalized spacial score (nSPS) is 11.3. The first-order valence-corrected chi connectivity index (χ1v) is 8.44. The highest BCUT2D eigenvalue weighted by Crippen LogP contribution is 2.19. The van der Waals surface area contributed by atoms with E-state index < -0.39 is 0 Å². The average molecular weight is 356 g/mol. The number of aromatic nitrogens is 4. The number of allylic oxidation sites excluding steroid dienone is 1. The number of oxazole rings is 1. The third-order valence-electron chi connectivity index (χ3n) is 3.60. The van der Waals surface area contributed by atoms with Gasteiger partial charge < -0.3 is 8.98 Å². The topological polar surface area (TPSA) is 65.8 Å². The van der Waals surface area contributed by atoms with Gasteiger partial charge in [-0.05, 0) is 24.4 Å². The summed E-state index contributed by atoms with van der Waals surface area (Å²) in [6.45, 7) is 4.46. The molecule has 0 saturated carbocycles. The van der Waals surface area contributed by atoms with E-state index in [4.69, 9.17) is 16.6 Å². The van der Waals surface area contributed by atoms with E-state index in [9.17, 15) is 4.79 Å². The molecule has 4 rings (SSSR count). The van der Waals surface area contributed by atoms with Crippen molar-refractivity contribution >= 4 is 45.0 Å². The molecule has 0 bridgehead atoms. The Bertz CT molecular complexity index is 1150. The van der Waals surface area contributed by atoms with Crippen LogP contribution in [0, 0.1) is 3.95 Å². The number of para-hydroxylation sites is 2. The van der Waals surface area contributed by atoms with Crippen LogP contribution in [-0.2, 0) is 13.1 Å². The number of fused-ring (bicyclic) bond motifs is 2. The van der Waals surface area contributed by atoms with Crippen LogP contribution in [0.3, 0.4) is 0 Å². The predicted molar refractivity (Wildman–Crippen MR) is 96.0 cm³/mol. The molecule has 3 aromatic heterocycles. The van der Waals surface area contributed by atoms with Gasteiger partial charge >= 0.3 is 0 Å². The van der Waals surface area contributed by atoms with Gasteiger partial charge in [-0.3, -0.25) is 9.36 Å². The van der Waals surface area contributed by atoms with Gasteiger partial charge in [-0.25, -0.2) is 9.97 Å². The molecule has 0 fully saturated rings. The average Bonchev–Trinajstić information content (AvgIpc) is 3.12. The number of rotatable bonds is 4. The molecule has 6 nitrogen and oxygen atoms in total. The number of nitrogens with zero attached hydrogens (tertiary/aromatic N) is 4. The maximum absolute atomic E-state index is 12.7. The van der Waals surface area contributed by atoms with Gasteiger partial charge in [0, 0.05) is 6.54 Å². The van der Waals surface area contributed by atoms with Crippen LogP contribution in [-0.4, -0.2) is 19.1 Å². The second-order valence-electron chi connectivity index (χ2n) is 5.17. The van der Waals surface area contributed by atoms with Crippen LogP contribution < -0.4 is 5.56 Å². The van der Waals surface area contributed by atoms with Gasteiger partial charge in [-0.2, -0.15) is 0 Å². The van der Waals surface area contributed by atoms with Crippen LogP contribution in [0.4, 0.5) is 0 Å². The summed E-state index contributed by atoms with van der Waals surface area (Å²) in [7, 11) is 0. The number of benzene rings is 1. The first-order chi connectivity index (χ1) is 11.7. The maximum Gasteiger partial charge on any atom is 0.273 e. The lowest BCUT2D eigenvalue weighted by molar-refractivity contribution is 0.503. The van der Waals surface area contributed by atoms with E-state index in [1.807, 2.05) is 24.3 Å². The van der Waals surface area contributed by atoms with Gasteiger partial charge in [0.1, 0.15) is 23.1 Å². The Balaban J connectivity index is 1.79. The van der Waals surface area contributed by atoms with Crippen LogP contribution >= 0.6 is 23.6 Å². The van der Waals surface area contributed by atoms with E-state index in [1.54, 1.807) is 10.6 Å². The highest BCUT2D eigenvalue weighted by atomic mass is 32.1. The largest absolute Gasteiger partial charge is 0.439 e. The first-order valence-electron chi connectivity index (χ1n) is 7.21. The third kappa shape index (κ3) is 2.40. The standard InChI is InChI=1S/C16H12N4O2S2/c1-2-7-20-14-13(24-16(20)23)15(21)19(9-17-14)8-12-18-10-5-3-4-6-11(10)22-12/h2-6,9H,1,7-8H2. The molecule has 8 heteroatoms. The molecule has 24 heavy (non-hydrogen) atoms. The second-order valence-corrected chi connectivity index (χ2v) is 6.82. The van der Waals surface area contributed by atoms with E-state index in [2.05, 4.69) is 16.5 Å². The molecule has 4 aromatic rings. The number of hydrogen-bond donors (Lipinski definition) is 0. The van der Waals surface area contributed by atoms with Gasteiger partial charge in [-0.1, -0.05) is 29.5 Å². The van der Waals surface area contributed by atoms with Crippen molar-refractivity contribution in [2.45, 2.75) is 13.1 Å². The molecule has 0 aliphatic carbocycles. The van der Waals surface area contributed by atoms with Gasteiger partial charge in [0.05, 0.1) is 0 Å². The molecule has 0 aliphatic rings. The fourth-order valence-electron chi connectivity index (χ4n) is 2.51. The summed E-state index contributed by atoms with van der Waals surface area (Å²) in [5.41, 5.74) is 1.90. The van der Waals surface area contributed by atoms with Crippen molar-refractivity contribution in [3.8, 4) is 0 Å².